The second-order valence-corrected chi connectivity index (χ2v) is 24.4. The smallest absolute Gasteiger partial charge is 0.338 e. The highest BCUT2D eigenvalue weighted by atomic mass is 32.2. The zero-order valence-corrected chi connectivity index (χ0v) is 36.6. The number of benzene rings is 1. The largest absolute Gasteiger partial charge is 0.462 e. The maximum absolute atomic E-state index is 14.8. The van der Waals surface area contributed by atoms with Crippen molar-refractivity contribution in [3.63, 3.8) is 0 Å². The molecule has 1 aromatic carbocycles. The molecule has 1 aliphatic heterocycles. The van der Waals surface area contributed by atoms with E-state index in [0.29, 0.717) is 38.5 Å². The lowest BCUT2D eigenvalue weighted by molar-refractivity contribution is -0.139. The molecule has 1 aromatic rings. The Balaban J connectivity index is 1.67. The predicted octanol–water partition coefficient (Wildman–Crippen LogP) is 8.62. The number of rotatable bonds is 24. The van der Waals surface area contributed by atoms with E-state index < -0.39 is 64.9 Å². The zero-order valence-electron chi connectivity index (χ0n) is 34.7. The number of nitrogens with zero attached hydrogens (tertiary/aromatic N) is 5. The molecule has 5 atom stereocenters. The molecule has 2 aliphatic carbocycles. The maximum Gasteiger partial charge on any atom is 0.338 e. The summed E-state index contributed by atoms with van der Waals surface area (Å²) < 4.78 is 35.9. The number of fused-ring (bicyclic) bond motifs is 2. The van der Waals surface area contributed by atoms with Gasteiger partial charge < -0.3 is 9.84 Å². The van der Waals surface area contributed by atoms with Crippen LogP contribution in [0.3, 0.4) is 0 Å². The Hall–Kier alpha value is -3.19. The molecule has 0 unspecified atom stereocenters. The van der Waals surface area contributed by atoms with Crippen LogP contribution < -0.4 is 5.19 Å². The summed E-state index contributed by atoms with van der Waals surface area (Å²) in [5.41, 5.74) is 6.94. The van der Waals surface area contributed by atoms with Crippen molar-refractivity contribution in [3.8, 4) is 0 Å². The Morgan fingerprint density at radius 3 is 2.36 bits per heavy atom. The van der Waals surface area contributed by atoms with Crippen molar-refractivity contribution in [1.29, 1.82) is 0 Å². The summed E-state index contributed by atoms with van der Waals surface area (Å²) in [4.78, 5) is 46.3. The average molecular weight is 814 g/mol. The van der Waals surface area contributed by atoms with Crippen molar-refractivity contribution in [3.05, 3.63) is 52.5 Å². The van der Waals surface area contributed by atoms with Gasteiger partial charge in [-0.15, -0.1) is 0 Å². The van der Waals surface area contributed by atoms with Crippen LogP contribution in [0.1, 0.15) is 124 Å². The lowest BCUT2D eigenvalue weighted by atomic mass is 9.70. The topological polar surface area (TPSA) is 170 Å². The summed E-state index contributed by atoms with van der Waals surface area (Å²) in [6, 6.07) is 8.47. The lowest BCUT2D eigenvalue weighted by Gasteiger charge is -2.44. The molecular formula is C42H67N5O7SSi. The average Bonchev–Trinajstić information content (AvgIpc) is 3.49. The minimum Gasteiger partial charge on any atom is -0.462 e. The number of unbranched alkanes of at least 4 members (excludes halogenated alkanes) is 7. The first-order chi connectivity index (χ1) is 26.5. The summed E-state index contributed by atoms with van der Waals surface area (Å²) >= 11 is 0. The van der Waals surface area contributed by atoms with E-state index >= 15 is 0 Å². The van der Waals surface area contributed by atoms with Crippen molar-refractivity contribution in [2.24, 2.45) is 21.9 Å². The van der Waals surface area contributed by atoms with Crippen molar-refractivity contribution < 1.29 is 32.6 Å². The van der Waals surface area contributed by atoms with Crippen LogP contribution in [0.15, 0.2) is 47.2 Å². The van der Waals surface area contributed by atoms with Gasteiger partial charge >= 0.3 is 12.0 Å². The van der Waals surface area contributed by atoms with Gasteiger partial charge in [-0.2, -0.15) is 0 Å². The third-order valence-electron chi connectivity index (χ3n) is 13.3. The molecule has 2 bridgehead atoms. The summed E-state index contributed by atoms with van der Waals surface area (Å²) in [6.07, 6.45) is 12.2. The number of sulfonamides is 1. The molecule has 2 amide bonds. The van der Waals surface area contributed by atoms with Gasteiger partial charge in [-0.25, -0.2) is 22.3 Å². The first-order valence-electron chi connectivity index (χ1n) is 21.0. The Bertz CT molecular complexity index is 1700. The van der Waals surface area contributed by atoms with Crippen molar-refractivity contribution in [2.75, 3.05) is 18.9 Å². The molecule has 1 heterocycles. The number of urea groups is 1. The van der Waals surface area contributed by atoms with Crippen LogP contribution in [0.5, 0.6) is 0 Å². The van der Waals surface area contributed by atoms with Crippen LogP contribution in [0.25, 0.3) is 10.4 Å². The number of aliphatic hydroxyl groups is 1. The second kappa shape index (κ2) is 20.0. The molecular weight excluding hydrogens is 747 g/mol. The van der Waals surface area contributed by atoms with Crippen molar-refractivity contribution >= 4 is 41.1 Å². The van der Waals surface area contributed by atoms with Gasteiger partial charge in [0.15, 0.2) is 0 Å². The third-order valence-corrected chi connectivity index (χ3v) is 18.6. The Morgan fingerprint density at radius 2 is 1.73 bits per heavy atom. The minimum atomic E-state index is -4.45. The number of esters is 1. The second-order valence-electron chi connectivity index (χ2n) is 17.7. The van der Waals surface area contributed by atoms with E-state index in [9.17, 15) is 27.9 Å². The van der Waals surface area contributed by atoms with E-state index in [2.05, 4.69) is 42.2 Å². The zero-order chi connectivity index (χ0) is 41.1. The fourth-order valence-corrected chi connectivity index (χ4v) is 14.1. The number of hydrogen-bond donors (Lipinski definition) is 1. The first kappa shape index (κ1) is 45.5. The Morgan fingerprint density at radius 1 is 1.05 bits per heavy atom. The molecule has 312 valence electrons. The third kappa shape index (κ3) is 10.6. The van der Waals surface area contributed by atoms with Crippen LogP contribution in [-0.2, 0) is 24.3 Å². The summed E-state index contributed by atoms with van der Waals surface area (Å²) in [7, 11) is -6.50. The predicted molar refractivity (Wildman–Crippen MR) is 223 cm³/mol. The number of azide groups is 1. The molecule has 0 aromatic heterocycles. The quantitative estimate of drug-likeness (QED) is 0.0272. The van der Waals surface area contributed by atoms with Crippen molar-refractivity contribution in [2.45, 2.75) is 161 Å². The van der Waals surface area contributed by atoms with Gasteiger partial charge in [-0.05, 0) is 68.7 Å². The Labute approximate surface area is 336 Å². The number of carbonyl (C=O) groups is 3. The molecule has 2 saturated carbocycles. The van der Waals surface area contributed by atoms with Crippen LogP contribution in [0.4, 0.5) is 4.79 Å². The van der Waals surface area contributed by atoms with Gasteiger partial charge in [0.25, 0.3) is 0 Å². The van der Waals surface area contributed by atoms with Gasteiger partial charge in [0.1, 0.15) is 5.78 Å². The van der Waals surface area contributed by atoms with Gasteiger partial charge in [-0.1, -0.05) is 125 Å². The SMILES string of the molecule is CCCCCCCCC[C@H](O)C[C@H](CC[Si](C)(C)c1ccccc1)N1C=C(C(=O)OCCCCN=[N+]=[N-])[C@@H](C)N(S(=O)(=O)C[C@]23CC[C@H](CC2=O)C3(C)C)C1=O. The first-order valence-corrected chi connectivity index (χ1v) is 25.8. The standard InChI is InChI=1S/C42H67N5O7SSi/c1-7-8-9-10-11-12-14-19-35(48)29-34(23-27-56(5,6)36-20-15-13-16-21-36)46-30-37(39(50)54-26-18-17-25-44-45-43)32(2)47(40(46)51)55(52,53)31-42-24-22-33(28-38(42)49)41(42,3)4/h13,15-16,20-21,30,32-35,48H,7-12,14,17-19,22-29,31H2,1-6H3/t32-,33-,34+,35+,42-/m1/s1. The molecule has 4 rings (SSSR count). The number of ether oxygens (including phenoxy) is 1. The fourth-order valence-electron chi connectivity index (χ4n) is 9.33. The molecule has 2 fully saturated rings. The lowest BCUT2D eigenvalue weighted by Crippen LogP contribution is -2.59. The molecule has 0 saturated heterocycles. The fraction of sp³-hybridized carbons (Fsp3) is 0.738. The highest BCUT2D eigenvalue weighted by Crippen LogP contribution is 2.64. The number of hydrogen-bond acceptors (Lipinski definition) is 8. The normalized spacial score (nSPS) is 23.2. The van der Waals surface area contributed by atoms with Crippen LogP contribution in [-0.4, -0.2) is 85.7 Å². The van der Waals surface area contributed by atoms with Gasteiger partial charge in [-0.3, -0.25) is 9.69 Å². The van der Waals surface area contributed by atoms with Crippen LogP contribution in [0, 0.1) is 16.7 Å². The summed E-state index contributed by atoms with van der Waals surface area (Å²) in [6.45, 7) is 12.4. The van der Waals surface area contributed by atoms with E-state index in [1.807, 2.05) is 32.0 Å². The van der Waals surface area contributed by atoms with E-state index in [0.717, 1.165) is 36.0 Å². The molecule has 3 aliphatic rings. The number of amides is 2. The van der Waals surface area contributed by atoms with E-state index in [1.54, 1.807) is 0 Å². The summed E-state index contributed by atoms with van der Waals surface area (Å²) in [5, 5.41) is 16.3. The molecule has 0 radical (unpaired) electrons. The van der Waals surface area contributed by atoms with Crippen LogP contribution >= 0.6 is 0 Å². The summed E-state index contributed by atoms with van der Waals surface area (Å²) in [5.74, 6) is -1.24. The number of aliphatic hydroxyl groups excluding tert-OH is 1. The van der Waals surface area contributed by atoms with Gasteiger partial charge in [0.05, 0.1) is 43.6 Å². The molecule has 0 spiro atoms. The maximum atomic E-state index is 14.8. The van der Waals surface area contributed by atoms with E-state index in [-0.39, 0.29) is 36.8 Å². The molecule has 1 N–H and O–H groups in total. The van der Waals surface area contributed by atoms with Crippen LogP contribution in [0.2, 0.25) is 19.1 Å². The van der Waals surface area contributed by atoms with Crippen molar-refractivity contribution in [1.82, 2.24) is 9.21 Å². The number of carbonyl (C=O) groups excluding carboxylic acids is 3. The highest BCUT2D eigenvalue weighted by molar-refractivity contribution is 7.89. The minimum absolute atomic E-state index is 0.0214. The monoisotopic (exact) mass is 813 g/mol. The van der Waals surface area contributed by atoms with E-state index in [4.69, 9.17) is 10.3 Å². The number of Topliss-reactive ketones (excluding diaryl/α,β-unsaturated/α-hetero) is 1. The Kier molecular flexibility index (Phi) is 16.2. The molecule has 14 heteroatoms. The van der Waals surface area contributed by atoms with Gasteiger partial charge in [0, 0.05) is 30.1 Å². The van der Waals surface area contributed by atoms with E-state index in [1.165, 1.54) is 48.9 Å². The van der Waals surface area contributed by atoms with Gasteiger partial charge in [0.2, 0.25) is 10.0 Å². The molecule has 12 nitrogen and oxygen atoms in total. The highest BCUT2D eigenvalue weighted by Gasteiger charge is 2.66. The molecule has 56 heavy (non-hydrogen) atoms. The number of ketones is 1.